The number of fused-ring (bicyclic) bond motifs is 1. The van der Waals surface area contributed by atoms with Crippen molar-refractivity contribution in [2.45, 2.75) is 13.0 Å². The Balaban J connectivity index is 1.79. The van der Waals surface area contributed by atoms with Crippen molar-refractivity contribution in [2.24, 2.45) is 10.2 Å². The second-order valence-electron chi connectivity index (χ2n) is 8.33. The highest BCUT2D eigenvalue weighted by Crippen LogP contribution is 2.36. The van der Waals surface area contributed by atoms with Crippen LogP contribution in [0.15, 0.2) is 77.0 Å². The number of benzene rings is 3. The first-order valence-corrected chi connectivity index (χ1v) is 13.2. The fourth-order valence-corrected chi connectivity index (χ4v) is 4.32. The molecule has 0 radical (unpaired) electrons. The smallest absolute Gasteiger partial charge is 0.360 e. The van der Waals surface area contributed by atoms with Crippen LogP contribution in [0.1, 0.15) is 17.3 Å². The second-order valence-corrected chi connectivity index (χ2v) is 9.54. The Labute approximate surface area is 237 Å². The van der Waals surface area contributed by atoms with Gasteiger partial charge in [-0.1, -0.05) is 29.8 Å². The molecule has 14 heteroatoms. The summed E-state index contributed by atoms with van der Waals surface area (Å²) in [5.41, 5.74) is 1.58. The van der Waals surface area contributed by atoms with Gasteiger partial charge in [-0.15, -0.1) is 0 Å². The van der Waals surface area contributed by atoms with Gasteiger partial charge in [0.1, 0.15) is 10.9 Å². The lowest BCUT2D eigenvalue weighted by Crippen LogP contribution is -2.22. The number of nitrogens with zero attached hydrogens (tertiary/aromatic N) is 6. The van der Waals surface area contributed by atoms with Crippen LogP contribution >= 0.6 is 11.6 Å². The third kappa shape index (κ3) is 6.84. The minimum atomic E-state index is -2.88. The van der Waals surface area contributed by atoms with E-state index in [9.17, 15) is 13.6 Å². The molecule has 1 aromatic heterocycles. The van der Waals surface area contributed by atoms with Gasteiger partial charge in [0.2, 0.25) is 10.0 Å². The van der Waals surface area contributed by atoms with E-state index in [1.807, 2.05) is 0 Å². The number of para-hydroxylation sites is 2. The molecule has 1 heterocycles. The largest absolute Gasteiger partial charge is 0.755 e. The zero-order valence-corrected chi connectivity index (χ0v) is 23.2. The average Bonchev–Trinajstić information content (AvgIpc) is 2.94. The number of hydrogen-bond acceptors (Lipinski definition) is 9. The van der Waals surface area contributed by atoms with E-state index in [1.54, 1.807) is 49.4 Å². The Morgan fingerprint density at radius 1 is 1.12 bits per heavy atom. The summed E-state index contributed by atoms with van der Waals surface area (Å²) in [6.45, 7) is 2.07. The number of halogens is 1. The lowest BCUT2D eigenvalue weighted by molar-refractivity contribution is 0.0991. The molecule has 12 nitrogen and oxygen atoms in total. The second kappa shape index (κ2) is 13.2. The van der Waals surface area contributed by atoms with Crippen molar-refractivity contribution in [2.75, 3.05) is 30.4 Å². The van der Waals surface area contributed by atoms with E-state index in [0.29, 0.717) is 34.1 Å². The first kappa shape index (κ1) is 28.7. The van der Waals surface area contributed by atoms with Gasteiger partial charge in [-0.2, -0.15) is 0 Å². The number of carbonyl (C=O) groups is 1. The third-order valence-corrected chi connectivity index (χ3v) is 6.45. The lowest BCUT2D eigenvalue weighted by Gasteiger charge is -2.27. The van der Waals surface area contributed by atoms with Crippen molar-refractivity contribution < 1.29 is 23.0 Å². The van der Waals surface area contributed by atoms with E-state index >= 15 is 0 Å². The van der Waals surface area contributed by atoms with E-state index in [2.05, 4.69) is 30.4 Å². The van der Waals surface area contributed by atoms with Crippen molar-refractivity contribution >= 4 is 62.8 Å². The maximum absolute atomic E-state index is 12.7. The summed E-state index contributed by atoms with van der Waals surface area (Å²) in [4.78, 5) is 25.4. The fourth-order valence-electron chi connectivity index (χ4n) is 3.60. The highest BCUT2D eigenvalue weighted by atomic mass is 35.5. The van der Waals surface area contributed by atoms with E-state index in [4.69, 9.17) is 21.1 Å². The van der Waals surface area contributed by atoms with Crippen molar-refractivity contribution in [3.8, 4) is 5.75 Å². The zero-order chi connectivity index (χ0) is 28.6. The van der Waals surface area contributed by atoms with Gasteiger partial charge in [-0.25, -0.2) is 9.97 Å². The Kier molecular flexibility index (Phi) is 9.48. The van der Waals surface area contributed by atoms with Crippen molar-refractivity contribution in [3.05, 3.63) is 77.3 Å². The molecule has 0 saturated heterocycles. The van der Waals surface area contributed by atoms with Crippen LogP contribution in [0.4, 0.5) is 23.0 Å². The summed E-state index contributed by atoms with van der Waals surface area (Å²) in [6, 6.07) is 17.5. The Hall–Kier alpha value is -4.26. The minimum Gasteiger partial charge on any atom is -0.755 e. The van der Waals surface area contributed by atoms with E-state index in [-0.39, 0.29) is 28.9 Å². The average molecular weight is 582 g/mol. The molecule has 206 valence electrons. The molecule has 0 bridgehead atoms. The molecule has 0 fully saturated rings. The third-order valence-electron chi connectivity index (χ3n) is 5.44. The molecule has 0 aliphatic carbocycles. The summed E-state index contributed by atoms with van der Waals surface area (Å²) in [6.07, 6.45) is 0. The maximum atomic E-state index is 12.7. The van der Waals surface area contributed by atoms with Crippen molar-refractivity contribution in [3.63, 3.8) is 0 Å². The number of nitrogens with one attached hydrogen (secondary N) is 1. The maximum Gasteiger partial charge on any atom is 0.360 e. The van der Waals surface area contributed by atoms with Crippen LogP contribution < -0.4 is 19.3 Å². The molecule has 2 unspecified atom stereocenters. The predicted molar refractivity (Wildman–Crippen MR) is 151 cm³/mol. The van der Waals surface area contributed by atoms with Crippen LogP contribution in [0, 0.1) is 0 Å². The Morgan fingerprint density at radius 2 is 1.88 bits per heavy atom. The topological polar surface area (TPSA) is 156 Å². The molecule has 4 aromatic rings. The molecular formula is C26H24ClN7O5S. The number of methoxy groups -OCH3 is 2. The van der Waals surface area contributed by atoms with E-state index < -0.39 is 17.2 Å². The van der Waals surface area contributed by atoms with Gasteiger partial charge < -0.3 is 19.3 Å². The van der Waals surface area contributed by atoms with Crippen LogP contribution in [0.5, 0.6) is 5.75 Å². The Morgan fingerprint density at radius 3 is 2.58 bits per heavy atom. The normalized spacial score (nSPS) is 12.2. The quantitative estimate of drug-likeness (QED) is 0.154. The number of ether oxygens (including phenoxy) is 2. The van der Waals surface area contributed by atoms with Crippen LogP contribution in [0.3, 0.4) is 0 Å². The van der Waals surface area contributed by atoms with E-state index in [1.165, 1.54) is 38.5 Å². The van der Waals surface area contributed by atoms with Gasteiger partial charge in [0.25, 0.3) is 0 Å². The summed E-state index contributed by atoms with van der Waals surface area (Å²) >= 11 is 3.52. The SMILES string of the molecule is COCC(C)N=[N+]=NC(=O)c1cccc(N(c2nc3ccccc3nc2Nc2cc(OC)ccc2Cl)S(=O)[O-])c1. The number of anilines is 4. The minimum absolute atomic E-state index is 0.0551. The molecule has 3 aromatic carbocycles. The van der Waals surface area contributed by atoms with Gasteiger partial charge in [-0.3, -0.25) is 13.3 Å². The number of rotatable bonds is 10. The first-order chi connectivity index (χ1) is 19.3. The van der Waals surface area contributed by atoms with E-state index in [0.717, 1.165) is 4.31 Å². The molecule has 0 aliphatic rings. The van der Waals surface area contributed by atoms with Gasteiger partial charge >= 0.3 is 5.91 Å². The van der Waals surface area contributed by atoms with Gasteiger partial charge in [-0.05, 0) is 49.4 Å². The van der Waals surface area contributed by atoms with Gasteiger partial charge in [0.05, 0.1) is 58.0 Å². The number of amides is 1. The highest BCUT2D eigenvalue weighted by Gasteiger charge is 2.22. The monoisotopic (exact) mass is 581 g/mol. The van der Waals surface area contributed by atoms with Gasteiger partial charge in [0, 0.05) is 13.2 Å². The summed E-state index contributed by atoms with van der Waals surface area (Å²) in [7, 11) is 3.04. The van der Waals surface area contributed by atoms with Crippen molar-refractivity contribution in [1.82, 2.24) is 14.9 Å². The lowest BCUT2D eigenvalue weighted by atomic mass is 10.2. The van der Waals surface area contributed by atoms with Crippen LogP contribution in [0.2, 0.25) is 5.02 Å². The molecule has 1 N–H and O–H groups in total. The fraction of sp³-hybridized carbons (Fsp3) is 0.192. The molecule has 0 spiro atoms. The summed E-state index contributed by atoms with van der Waals surface area (Å²) in [5.74, 6) is -0.144. The summed E-state index contributed by atoms with van der Waals surface area (Å²) in [5, 5.41) is 10.9. The molecule has 40 heavy (non-hydrogen) atoms. The first-order valence-electron chi connectivity index (χ1n) is 11.8. The molecule has 2 atom stereocenters. The van der Waals surface area contributed by atoms with Crippen LogP contribution in [-0.2, 0) is 16.0 Å². The predicted octanol–water partition coefficient (Wildman–Crippen LogP) is 5.11. The molecule has 4 rings (SSSR count). The highest BCUT2D eigenvalue weighted by molar-refractivity contribution is 7.81. The standard InChI is InChI=1S/C26H24ClN7O5S/c1-16(15-38-2)31-33-32-26(35)17-7-6-8-18(13-17)34(40(36)37)25-24(28-21-9-4-5-10-22(21)30-25)29-23-14-19(39-3)11-12-20(23)27/h4-14,16H,15H2,1-3H3,(H-,28,29,36,37). The summed E-state index contributed by atoms with van der Waals surface area (Å²) < 4.78 is 36.4. The van der Waals surface area contributed by atoms with Crippen LogP contribution in [-0.4, -0.2) is 51.5 Å². The number of hydrogen-bond donors (Lipinski definition) is 1. The molecular weight excluding hydrogens is 558 g/mol. The van der Waals surface area contributed by atoms with Crippen molar-refractivity contribution in [1.29, 1.82) is 0 Å². The Bertz CT molecular complexity index is 1630. The molecule has 1 amide bonds. The van der Waals surface area contributed by atoms with Crippen LogP contribution in [0.25, 0.3) is 11.0 Å². The van der Waals surface area contributed by atoms with Gasteiger partial charge in [0.15, 0.2) is 17.7 Å². The zero-order valence-electron chi connectivity index (χ0n) is 21.6. The molecule has 0 saturated carbocycles. The number of carbonyl (C=O) groups excluding carboxylic acids is 1. The number of aromatic nitrogens is 2. The molecule has 0 aliphatic heterocycles.